The third kappa shape index (κ3) is 11.2. The van der Waals surface area contributed by atoms with E-state index in [4.69, 9.17) is 20.6 Å². The molecule has 3 aromatic rings. The number of morpholine rings is 1. The first-order chi connectivity index (χ1) is 26.8. The van der Waals surface area contributed by atoms with Crippen molar-refractivity contribution >= 4 is 71.4 Å². The number of hydrogen-bond acceptors (Lipinski definition) is 12. The molecule has 0 bridgehead atoms. The van der Waals surface area contributed by atoms with E-state index in [9.17, 15) is 43.3 Å². The predicted octanol–water partition coefficient (Wildman–Crippen LogP) is 5.32. The first-order valence-electron chi connectivity index (χ1n) is 18.3. The zero-order valence-electron chi connectivity index (χ0n) is 31.5. The topological polar surface area (TPSA) is 168 Å². The lowest BCUT2D eigenvalue weighted by atomic mass is 10.1. The highest BCUT2D eigenvalue weighted by Crippen LogP contribution is 2.45. The molecule has 1 unspecified atom stereocenters. The first kappa shape index (κ1) is 44.8. The molecular weight excluding hydrogens is 835 g/mol. The summed E-state index contributed by atoms with van der Waals surface area (Å²) in [7, 11) is -9.09. The van der Waals surface area contributed by atoms with Gasteiger partial charge in [0.05, 0.1) is 73.4 Å². The van der Waals surface area contributed by atoms with E-state index >= 15 is 0 Å². The van der Waals surface area contributed by atoms with Crippen molar-refractivity contribution < 1.29 is 56.9 Å². The maximum atomic E-state index is 13.8. The van der Waals surface area contributed by atoms with Crippen LogP contribution in [0.2, 0.25) is 5.02 Å². The van der Waals surface area contributed by atoms with Crippen LogP contribution in [0, 0.1) is 0 Å². The molecule has 3 heterocycles. The van der Waals surface area contributed by atoms with E-state index in [1.807, 2.05) is 42.7 Å². The standard InChI is InChI=1S/C36H45ClF3N5O9S3/c1-4-26(9-13-34-42(5-2)29-12-11-27(36(38,39)40)23-30(29)44(34)15-7-21-56(47,48)49)10-14-35-43(6-3)31-24-28(37)33(55(46)54-41-17-19-53-20-18-41)25-32(31)45(35)16-8-22-57(50,51)52/h9-14,23-25H,4-8,15-22H2,1-3H3,(H-,47,48,49,50,51,52)/p-1. The number of aryl methyl sites for hydroxylation is 2. The maximum absolute atomic E-state index is 13.8. The summed E-state index contributed by atoms with van der Waals surface area (Å²) in [6, 6.07) is 6.64. The number of halogens is 4. The second-order valence-corrected chi connectivity index (χ2v) is 17.7. The Kier molecular flexibility index (Phi) is 14.7. The minimum absolute atomic E-state index is 0.0129. The van der Waals surface area contributed by atoms with Crippen molar-refractivity contribution in [3.63, 3.8) is 0 Å². The molecule has 0 N–H and O–H groups in total. The van der Waals surface area contributed by atoms with E-state index in [1.165, 1.54) is 11.1 Å². The number of benzene rings is 2. The number of hydrogen-bond donors (Lipinski definition) is 0. The van der Waals surface area contributed by atoms with E-state index in [0.717, 1.165) is 17.7 Å². The van der Waals surface area contributed by atoms with Crippen LogP contribution in [-0.2, 0) is 59.6 Å². The van der Waals surface area contributed by atoms with Gasteiger partial charge in [-0.2, -0.15) is 22.5 Å². The molecule has 5 rings (SSSR count). The SMILES string of the molecule is CCC(=C/C=C1\N(CC)c2cc(Cl)c(S(=O)ON3CCOCC3)cc2N1CCCS(=O)(=O)[O-])/C=C/c1n(CCCS(=O)(=O)[O-])c2cc(C(F)(F)F)ccc2[n+]1CC. The van der Waals surface area contributed by atoms with Gasteiger partial charge in [-0.05, 0) is 69.0 Å². The van der Waals surface area contributed by atoms with Gasteiger partial charge in [-0.15, -0.1) is 0 Å². The summed E-state index contributed by atoms with van der Waals surface area (Å²) in [6.45, 7) is 8.16. The van der Waals surface area contributed by atoms with Crippen molar-refractivity contribution in [1.29, 1.82) is 0 Å². The van der Waals surface area contributed by atoms with Crippen molar-refractivity contribution in [2.75, 3.05) is 60.7 Å². The van der Waals surface area contributed by atoms with E-state index in [1.54, 1.807) is 33.4 Å². The van der Waals surface area contributed by atoms with Gasteiger partial charge in [0.25, 0.3) is 5.82 Å². The molecule has 314 valence electrons. The summed E-state index contributed by atoms with van der Waals surface area (Å²) in [5.41, 5.74) is 1.84. The molecule has 1 atom stereocenters. The van der Waals surface area contributed by atoms with E-state index in [-0.39, 0.29) is 41.4 Å². The molecule has 0 spiro atoms. The van der Waals surface area contributed by atoms with Crippen LogP contribution in [0.4, 0.5) is 24.5 Å². The van der Waals surface area contributed by atoms with Crippen LogP contribution >= 0.6 is 11.6 Å². The lowest BCUT2D eigenvalue weighted by molar-refractivity contribution is -0.670. The van der Waals surface area contributed by atoms with E-state index < -0.39 is 54.6 Å². The Morgan fingerprint density at radius 3 is 2.23 bits per heavy atom. The number of alkyl halides is 3. The van der Waals surface area contributed by atoms with Gasteiger partial charge in [0.2, 0.25) is 11.1 Å². The van der Waals surface area contributed by atoms with Gasteiger partial charge in [0.15, 0.2) is 11.0 Å². The molecule has 57 heavy (non-hydrogen) atoms. The normalized spacial score (nSPS) is 17.4. The van der Waals surface area contributed by atoms with Crippen molar-refractivity contribution in [2.45, 2.75) is 64.2 Å². The smallest absolute Gasteiger partial charge is 0.416 e. The van der Waals surface area contributed by atoms with Crippen LogP contribution in [0.15, 0.2) is 64.8 Å². The number of rotatable bonds is 17. The van der Waals surface area contributed by atoms with Crippen molar-refractivity contribution in [3.05, 3.63) is 76.4 Å². The van der Waals surface area contributed by atoms with Gasteiger partial charge in [0, 0.05) is 49.8 Å². The third-order valence-corrected chi connectivity index (χ3v) is 12.5. The lowest BCUT2D eigenvalue weighted by Crippen LogP contribution is -2.36. The Balaban J connectivity index is 1.55. The van der Waals surface area contributed by atoms with Crippen LogP contribution in [-0.4, -0.2) is 90.7 Å². The molecule has 2 aliphatic rings. The second-order valence-electron chi connectivity index (χ2n) is 13.2. The molecule has 2 aliphatic heterocycles. The number of aromatic nitrogens is 2. The average molecular weight is 879 g/mol. The number of imidazole rings is 1. The molecule has 1 saturated heterocycles. The minimum atomic E-state index is -4.62. The van der Waals surface area contributed by atoms with Gasteiger partial charge in [0.1, 0.15) is 5.82 Å². The Morgan fingerprint density at radius 1 is 0.982 bits per heavy atom. The van der Waals surface area contributed by atoms with Crippen LogP contribution < -0.4 is 14.4 Å². The fraction of sp³-hybridized carbons (Fsp3) is 0.472. The highest BCUT2D eigenvalue weighted by Gasteiger charge is 2.34. The van der Waals surface area contributed by atoms with Gasteiger partial charge in [-0.1, -0.05) is 30.7 Å². The highest BCUT2D eigenvalue weighted by molar-refractivity contribution is 7.85. The van der Waals surface area contributed by atoms with Gasteiger partial charge in [-0.3, -0.25) is 0 Å². The Labute approximate surface area is 337 Å². The Hall–Kier alpha value is -3.34. The van der Waals surface area contributed by atoms with Crippen LogP contribution in [0.5, 0.6) is 0 Å². The number of nitrogens with zero attached hydrogens (tertiary/aromatic N) is 5. The quantitative estimate of drug-likeness (QED) is 0.0975. The molecule has 1 fully saturated rings. The zero-order valence-corrected chi connectivity index (χ0v) is 34.7. The number of ether oxygens (including phenoxy) is 1. The minimum Gasteiger partial charge on any atom is -0.748 e. The highest BCUT2D eigenvalue weighted by atomic mass is 35.5. The maximum Gasteiger partial charge on any atom is 0.416 e. The summed E-state index contributed by atoms with van der Waals surface area (Å²) in [5.74, 6) is -0.203. The Bertz CT molecular complexity index is 2290. The number of fused-ring (bicyclic) bond motifs is 2. The van der Waals surface area contributed by atoms with Crippen LogP contribution in [0.1, 0.15) is 51.4 Å². The fourth-order valence-corrected chi connectivity index (χ4v) is 8.89. The first-order valence-corrected chi connectivity index (χ1v) is 22.9. The monoisotopic (exact) mass is 878 g/mol. The number of allylic oxidation sites excluding steroid dienone is 4. The number of hydroxylamine groups is 2. The van der Waals surface area contributed by atoms with Gasteiger partial charge >= 0.3 is 6.18 Å². The van der Waals surface area contributed by atoms with E-state index in [0.29, 0.717) is 74.4 Å². The summed E-state index contributed by atoms with van der Waals surface area (Å²) < 4.78 is 138. The molecule has 0 aliphatic carbocycles. The Morgan fingerprint density at radius 2 is 1.63 bits per heavy atom. The molecule has 0 radical (unpaired) electrons. The third-order valence-electron chi connectivity index (χ3n) is 9.41. The summed E-state index contributed by atoms with van der Waals surface area (Å²) in [5, 5.41) is 1.72. The summed E-state index contributed by atoms with van der Waals surface area (Å²) in [6.07, 6.45) is 2.90. The summed E-state index contributed by atoms with van der Waals surface area (Å²) >= 11 is 4.68. The molecular formula is C36H44ClF3N5O9S3-. The van der Waals surface area contributed by atoms with Crippen molar-refractivity contribution in [3.8, 4) is 0 Å². The molecule has 2 aromatic carbocycles. The second kappa shape index (κ2) is 18.7. The molecule has 14 nitrogen and oxygen atoms in total. The molecule has 21 heteroatoms. The van der Waals surface area contributed by atoms with Crippen LogP contribution in [0.3, 0.4) is 0 Å². The van der Waals surface area contributed by atoms with Gasteiger partial charge < -0.3 is 23.6 Å². The number of anilines is 2. The van der Waals surface area contributed by atoms with Crippen LogP contribution in [0.25, 0.3) is 17.1 Å². The largest absolute Gasteiger partial charge is 0.748 e. The molecule has 1 aromatic heterocycles. The fourth-order valence-electron chi connectivity index (χ4n) is 6.73. The van der Waals surface area contributed by atoms with Gasteiger partial charge in [-0.25, -0.2) is 30.2 Å². The lowest BCUT2D eigenvalue weighted by Gasteiger charge is -2.25. The zero-order chi connectivity index (χ0) is 41.7. The van der Waals surface area contributed by atoms with Crippen molar-refractivity contribution in [1.82, 2.24) is 9.63 Å². The molecule has 0 amide bonds. The average Bonchev–Trinajstić information content (AvgIpc) is 3.59. The van der Waals surface area contributed by atoms with Crippen molar-refractivity contribution in [2.24, 2.45) is 0 Å². The molecule has 0 saturated carbocycles. The summed E-state index contributed by atoms with van der Waals surface area (Å²) in [4.78, 5) is 3.94. The van der Waals surface area contributed by atoms with E-state index in [2.05, 4.69) is 0 Å². The predicted molar refractivity (Wildman–Crippen MR) is 208 cm³/mol.